The average Bonchev–Trinajstić information content (AvgIpc) is 2.78. The van der Waals surface area contributed by atoms with Crippen LogP contribution in [0.25, 0.3) is 0 Å². The number of hydrogen-bond donors (Lipinski definition) is 2. The van der Waals surface area contributed by atoms with Crippen molar-refractivity contribution in [2.45, 2.75) is 70.4 Å². The van der Waals surface area contributed by atoms with E-state index in [-0.39, 0.29) is 11.4 Å². The van der Waals surface area contributed by atoms with Crippen LogP contribution in [0.15, 0.2) is 0 Å². The van der Waals surface area contributed by atoms with Gasteiger partial charge in [0.05, 0.1) is 5.54 Å². The van der Waals surface area contributed by atoms with E-state index in [9.17, 15) is 4.79 Å². The molecule has 0 aromatic carbocycles. The van der Waals surface area contributed by atoms with Crippen molar-refractivity contribution < 1.29 is 4.79 Å². The molecule has 0 aromatic rings. The third kappa shape index (κ3) is 3.01. The molecule has 2 rings (SSSR count). The van der Waals surface area contributed by atoms with E-state index >= 15 is 0 Å². The Balaban J connectivity index is 1.79. The lowest BCUT2D eigenvalue weighted by Crippen LogP contribution is -2.54. The standard InChI is InChI=1S/C14H26N2O/c1-3-11-5-7-12(8-6-11)16-13(17)14(2)9-4-10-15-14/h11-12,15H,3-10H2,1-2H3,(H,16,17). The molecule has 2 N–H and O–H groups in total. The second kappa shape index (κ2) is 5.38. The second-order valence-corrected chi connectivity index (χ2v) is 5.96. The van der Waals surface area contributed by atoms with Crippen LogP contribution in [0.5, 0.6) is 0 Å². The predicted molar refractivity (Wildman–Crippen MR) is 69.8 cm³/mol. The lowest BCUT2D eigenvalue weighted by Gasteiger charge is -2.31. The molecule has 2 fully saturated rings. The molecule has 1 heterocycles. The summed E-state index contributed by atoms with van der Waals surface area (Å²) in [6, 6.07) is 0.421. The van der Waals surface area contributed by atoms with Gasteiger partial charge in [0.25, 0.3) is 0 Å². The Morgan fingerprint density at radius 1 is 1.35 bits per heavy atom. The zero-order valence-electron chi connectivity index (χ0n) is 11.2. The van der Waals surface area contributed by atoms with E-state index in [1.807, 2.05) is 6.92 Å². The van der Waals surface area contributed by atoms with Crippen LogP contribution in [-0.2, 0) is 4.79 Å². The maximum atomic E-state index is 12.2. The van der Waals surface area contributed by atoms with Gasteiger partial charge in [-0.2, -0.15) is 0 Å². The minimum Gasteiger partial charge on any atom is -0.352 e. The minimum atomic E-state index is -0.304. The first-order chi connectivity index (χ1) is 8.14. The lowest BCUT2D eigenvalue weighted by molar-refractivity contribution is -0.127. The highest BCUT2D eigenvalue weighted by Gasteiger charge is 2.37. The van der Waals surface area contributed by atoms with Crippen molar-refractivity contribution in [3.8, 4) is 0 Å². The van der Waals surface area contributed by atoms with Crippen LogP contribution in [0.3, 0.4) is 0 Å². The summed E-state index contributed by atoms with van der Waals surface area (Å²) in [5.74, 6) is 1.11. The van der Waals surface area contributed by atoms with Crippen LogP contribution in [0.1, 0.15) is 58.8 Å². The highest BCUT2D eigenvalue weighted by Crippen LogP contribution is 2.27. The molecule has 1 unspecified atom stereocenters. The topological polar surface area (TPSA) is 41.1 Å². The summed E-state index contributed by atoms with van der Waals surface area (Å²) in [4.78, 5) is 12.2. The maximum Gasteiger partial charge on any atom is 0.240 e. The highest BCUT2D eigenvalue weighted by atomic mass is 16.2. The molecule has 17 heavy (non-hydrogen) atoms. The van der Waals surface area contributed by atoms with Crippen LogP contribution in [0.4, 0.5) is 0 Å². The first kappa shape index (κ1) is 12.9. The van der Waals surface area contributed by atoms with E-state index in [2.05, 4.69) is 17.6 Å². The van der Waals surface area contributed by atoms with Crippen LogP contribution in [0, 0.1) is 5.92 Å². The van der Waals surface area contributed by atoms with E-state index in [0.717, 1.165) is 25.3 Å². The van der Waals surface area contributed by atoms with Gasteiger partial charge in [-0.3, -0.25) is 4.79 Å². The average molecular weight is 238 g/mol. The summed E-state index contributed by atoms with van der Waals surface area (Å²) >= 11 is 0. The number of hydrogen-bond acceptors (Lipinski definition) is 2. The number of carbonyl (C=O) groups excluding carboxylic acids is 1. The summed E-state index contributed by atoms with van der Waals surface area (Å²) in [6.07, 6.45) is 8.29. The van der Waals surface area contributed by atoms with Crippen LogP contribution in [0.2, 0.25) is 0 Å². The summed E-state index contributed by atoms with van der Waals surface area (Å²) < 4.78 is 0. The zero-order valence-corrected chi connectivity index (χ0v) is 11.2. The van der Waals surface area contributed by atoms with Gasteiger partial charge in [-0.15, -0.1) is 0 Å². The molecule has 0 spiro atoms. The molecule has 0 aromatic heterocycles. The van der Waals surface area contributed by atoms with Crippen molar-refractivity contribution in [1.82, 2.24) is 10.6 Å². The van der Waals surface area contributed by atoms with Crippen LogP contribution in [-0.4, -0.2) is 24.0 Å². The Kier molecular flexibility index (Phi) is 4.08. The van der Waals surface area contributed by atoms with Gasteiger partial charge >= 0.3 is 0 Å². The van der Waals surface area contributed by atoms with Gasteiger partial charge < -0.3 is 10.6 Å². The minimum absolute atomic E-state index is 0.218. The van der Waals surface area contributed by atoms with Crippen LogP contribution >= 0.6 is 0 Å². The van der Waals surface area contributed by atoms with E-state index < -0.39 is 0 Å². The Hall–Kier alpha value is -0.570. The quantitative estimate of drug-likeness (QED) is 0.791. The first-order valence-electron chi connectivity index (χ1n) is 7.20. The fraction of sp³-hybridized carbons (Fsp3) is 0.929. The third-order valence-electron chi connectivity index (χ3n) is 4.63. The van der Waals surface area contributed by atoms with Gasteiger partial charge in [0.2, 0.25) is 5.91 Å². The van der Waals surface area contributed by atoms with Gasteiger partial charge in [0, 0.05) is 6.04 Å². The normalized spacial score (nSPS) is 38.0. The molecular formula is C14H26N2O. The third-order valence-corrected chi connectivity index (χ3v) is 4.63. The van der Waals surface area contributed by atoms with Crippen molar-refractivity contribution in [1.29, 1.82) is 0 Å². The summed E-state index contributed by atoms with van der Waals surface area (Å²) in [6.45, 7) is 5.28. The Morgan fingerprint density at radius 2 is 2.06 bits per heavy atom. The molecule has 1 saturated carbocycles. The smallest absolute Gasteiger partial charge is 0.240 e. The van der Waals surface area contributed by atoms with E-state index in [1.54, 1.807) is 0 Å². The molecule has 1 aliphatic carbocycles. The number of rotatable bonds is 3. The number of nitrogens with one attached hydrogen (secondary N) is 2. The van der Waals surface area contributed by atoms with Crippen LogP contribution < -0.4 is 10.6 Å². The Bertz CT molecular complexity index is 263. The molecule has 1 atom stereocenters. The molecule has 1 saturated heterocycles. The molecule has 3 nitrogen and oxygen atoms in total. The van der Waals surface area contributed by atoms with Crippen molar-refractivity contribution in [2.24, 2.45) is 5.92 Å². The Labute approximate surface area is 105 Å². The van der Waals surface area contributed by atoms with E-state index in [0.29, 0.717) is 6.04 Å². The van der Waals surface area contributed by atoms with Gasteiger partial charge in [0.1, 0.15) is 0 Å². The highest BCUT2D eigenvalue weighted by molar-refractivity contribution is 5.86. The molecule has 0 radical (unpaired) electrons. The van der Waals surface area contributed by atoms with Gasteiger partial charge in [0.15, 0.2) is 0 Å². The lowest BCUT2D eigenvalue weighted by atomic mass is 9.84. The number of carbonyl (C=O) groups is 1. The Morgan fingerprint density at radius 3 is 2.59 bits per heavy atom. The molecule has 2 aliphatic rings. The zero-order chi connectivity index (χ0) is 12.3. The monoisotopic (exact) mass is 238 g/mol. The van der Waals surface area contributed by atoms with Crippen molar-refractivity contribution in [3.05, 3.63) is 0 Å². The second-order valence-electron chi connectivity index (χ2n) is 5.96. The summed E-state index contributed by atoms with van der Waals surface area (Å²) in [5.41, 5.74) is -0.304. The summed E-state index contributed by atoms with van der Waals surface area (Å²) in [7, 11) is 0. The molecule has 1 aliphatic heterocycles. The van der Waals surface area contributed by atoms with Gasteiger partial charge in [-0.05, 0) is 57.9 Å². The first-order valence-corrected chi connectivity index (χ1v) is 7.20. The SMILES string of the molecule is CCC1CCC(NC(=O)C2(C)CCCN2)CC1. The fourth-order valence-electron chi connectivity index (χ4n) is 3.15. The molecule has 3 heteroatoms. The molecule has 1 amide bonds. The van der Waals surface area contributed by atoms with Crippen molar-refractivity contribution >= 4 is 5.91 Å². The molecule has 98 valence electrons. The van der Waals surface area contributed by atoms with E-state index in [1.165, 1.54) is 32.1 Å². The van der Waals surface area contributed by atoms with Crippen molar-refractivity contribution in [3.63, 3.8) is 0 Å². The van der Waals surface area contributed by atoms with Gasteiger partial charge in [-0.1, -0.05) is 13.3 Å². The fourth-order valence-corrected chi connectivity index (χ4v) is 3.15. The largest absolute Gasteiger partial charge is 0.352 e. The number of amides is 1. The van der Waals surface area contributed by atoms with Crippen molar-refractivity contribution in [2.75, 3.05) is 6.54 Å². The van der Waals surface area contributed by atoms with Gasteiger partial charge in [-0.25, -0.2) is 0 Å². The molecule has 0 bridgehead atoms. The predicted octanol–water partition coefficient (Wildman–Crippen LogP) is 2.21. The summed E-state index contributed by atoms with van der Waals surface area (Å²) in [5, 5.41) is 6.57. The molecular weight excluding hydrogens is 212 g/mol. The maximum absolute atomic E-state index is 12.2. The van der Waals surface area contributed by atoms with E-state index in [4.69, 9.17) is 0 Å².